The number of hydrogen-bond donors (Lipinski definition) is 2. The number of carbonyl (C=O) groups is 1. The number of aromatic nitrogens is 3. The zero-order valence-electron chi connectivity index (χ0n) is 13.2. The lowest BCUT2D eigenvalue weighted by Gasteiger charge is -2.11. The van der Waals surface area contributed by atoms with Crippen LogP contribution in [0.5, 0.6) is 0 Å². The van der Waals surface area contributed by atoms with Gasteiger partial charge in [0.2, 0.25) is 5.95 Å². The minimum atomic E-state index is -0.352. The molecule has 8 nitrogen and oxygen atoms in total. The van der Waals surface area contributed by atoms with Crippen LogP contribution in [0.3, 0.4) is 0 Å². The lowest BCUT2D eigenvalue weighted by atomic mass is 10.3. The highest BCUT2D eigenvalue weighted by molar-refractivity contribution is 6.02. The Bertz CT molecular complexity index is 653. The summed E-state index contributed by atoms with van der Waals surface area (Å²) in [5.74, 6) is 1.07. The maximum absolute atomic E-state index is 12.2. The maximum atomic E-state index is 12.2. The van der Waals surface area contributed by atoms with Gasteiger partial charge in [-0.2, -0.15) is 0 Å². The normalized spacial score (nSPS) is 10.8. The molecule has 8 heteroatoms. The maximum Gasteiger partial charge on any atom is 0.275 e. The summed E-state index contributed by atoms with van der Waals surface area (Å²) in [4.78, 5) is 22.7. The van der Waals surface area contributed by atoms with Gasteiger partial charge in [0.15, 0.2) is 5.82 Å². The predicted octanol–water partition coefficient (Wildman–Crippen LogP) is 1.31. The van der Waals surface area contributed by atoms with E-state index in [1.165, 1.54) is 0 Å². The molecule has 0 spiro atoms. The standard InChI is InChI=1S/C14H20N6O2/c1-9-7-11(13(21)18-12-8-10(2)22-19-12)17-14(16-9)15-5-6-20(3)4/h7-8H,5-6H2,1-4H3,(H,15,16,17)(H,18,19,21). The number of carbonyl (C=O) groups excluding carboxylic acids is 1. The van der Waals surface area contributed by atoms with Gasteiger partial charge in [-0.3, -0.25) is 4.79 Å². The molecule has 0 aliphatic carbocycles. The van der Waals surface area contributed by atoms with Gasteiger partial charge in [-0.1, -0.05) is 5.16 Å². The van der Waals surface area contributed by atoms with Gasteiger partial charge >= 0.3 is 0 Å². The summed E-state index contributed by atoms with van der Waals surface area (Å²) in [6.45, 7) is 5.11. The van der Waals surface area contributed by atoms with Crippen LogP contribution in [-0.4, -0.2) is 53.1 Å². The van der Waals surface area contributed by atoms with Crippen molar-refractivity contribution in [3.63, 3.8) is 0 Å². The van der Waals surface area contributed by atoms with Crippen LogP contribution in [0.2, 0.25) is 0 Å². The van der Waals surface area contributed by atoms with Gasteiger partial charge in [0.1, 0.15) is 11.5 Å². The smallest absolute Gasteiger partial charge is 0.275 e. The SMILES string of the molecule is Cc1cc(C(=O)Nc2cc(C)on2)nc(NCCN(C)C)n1. The molecule has 0 saturated carbocycles. The van der Waals surface area contributed by atoms with Gasteiger partial charge in [0.05, 0.1) is 0 Å². The van der Waals surface area contributed by atoms with Crippen LogP contribution in [-0.2, 0) is 0 Å². The van der Waals surface area contributed by atoms with Gasteiger partial charge < -0.3 is 20.1 Å². The Labute approximate surface area is 128 Å². The molecule has 0 aliphatic heterocycles. The third-order valence-corrected chi connectivity index (χ3v) is 2.80. The number of anilines is 2. The molecule has 0 aliphatic rings. The third kappa shape index (κ3) is 4.52. The van der Waals surface area contributed by atoms with Crippen LogP contribution in [0.15, 0.2) is 16.7 Å². The second-order valence-electron chi connectivity index (χ2n) is 5.23. The molecule has 2 heterocycles. The van der Waals surface area contributed by atoms with E-state index in [1.807, 2.05) is 25.9 Å². The molecule has 2 rings (SSSR count). The molecule has 2 N–H and O–H groups in total. The first kappa shape index (κ1) is 15.9. The van der Waals surface area contributed by atoms with Crippen molar-refractivity contribution < 1.29 is 9.32 Å². The summed E-state index contributed by atoms with van der Waals surface area (Å²) >= 11 is 0. The molecule has 2 aromatic rings. The zero-order valence-corrected chi connectivity index (χ0v) is 13.2. The van der Waals surface area contributed by atoms with Crippen LogP contribution in [0, 0.1) is 13.8 Å². The van der Waals surface area contributed by atoms with Crippen molar-refractivity contribution in [1.29, 1.82) is 0 Å². The van der Waals surface area contributed by atoms with E-state index in [2.05, 4.69) is 25.8 Å². The van der Waals surface area contributed by atoms with E-state index in [0.29, 0.717) is 29.8 Å². The largest absolute Gasteiger partial charge is 0.360 e. The first-order valence-electron chi connectivity index (χ1n) is 6.93. The second-order valence-corrected chi connectivity index (χ2v) is 5.23. The van der Waals surface area contributed by atoms with Crippen molar-refractivity contribution >= 4 is 17.7 Å². The molecule has 22 heavy (non-hydrogen) atoms. The third-order valence-electron chi connectivity index (χ3n) is 2.80. The van der Waals surface area contributed by atoms with Crippen LogP contribution in [0.25, 0.3) is 0 Å². The van der Waals surface area contributed by atoms with E-state index in [1.54, 1.807) is 19.1 Å². The van der Waals surface area contributed by atoms with Crippen LogP contribution in [0.4, 0.5) is 11.8 Å². The molecular formula is C14H20N6O2. The summed E-state index contributed by atoms with van der Waals surface area (Å²) in [5.41, 5.74) is 0.990. The fourth-order valence-corrected chi connectivity index (χ4v) is 1.76. The summed E-state index contributed by atoms with van der Waals surface area (Å²) in [5, 5.41) is 9.46. The molecule has 1 amide bonds. The number of rotatable bonds is 6. The van der Waals surface area contributed by atoms with Crippen LogP contribution < -0.4 is 10.6 Å². The van der Waals surface area contributed by atoms with Crippen molar-refractivity contribution in [3.8, 4) is 0 Å². The van der Waals surface area contributed by atoms with Crippen LogP contribution >= 0.6 is 0 Å². The molecule has 0 fully saturated rings. The Kier molecular flexibility index (Phi) is 5.05. The van der Waals surface area contributed by atoms with E-state index in [4.69, 9.17) is 4.52 Å². The molecule has 0 bridgehead atoms. The Morgan fingerprint density at radius 2 is 2.05 bits per heavy atom. The highest BCUT2D eigenvalue weighted by Crippen LogP contribution is 2.10. The molecule has 0 radical (unpaired) electrons. The molecule has 118 valence electrons. The van der Waals surface area contributed by atoms with E-state index >= 15 is 0 Å². The molecular weight excluding hydrogens is 284 g/mol. The summed E-state index contributed by atoms with van der Waals surface area (Å²) in [7, 11) is 3.97. The second kappa shape index (κ2) is 6.99. The fourth-order valence-electron chi connectivity index (χ4n) is 1.76. The van der Waals surface area contributed by atoms with Gasteiger partial charge in [0.25, 0.3) is 5.91 Å². The van der Waals surface area contributed by atoms with E-state index in [-0.39, 0.29) is 11.6 Å². The number of nitrogens with zero attached hydrogens (tertiary/aromatic N) is 4. The van der Waals surface area contributed by atoms with Crippen molar-refractivity contribution in [1.82, 2.24) is 20.0 Å². The Balaban J connectivity index is 2.06. The average molecular weight is 304 g/mol. The summed E-state index contributed by atoms with van der Waals surface area (Å²) in [6, 6.07) is 3.27. The topological polar surface area (TPSA) is 96.2 Å². The molecule has 0 aromatic carbocycles. The van der Waals surface area contributed by atoms with Crippen molar-refractivity contribution in [2.24, 2.45) is 0 Å². The molecule has 0 unspecified atom stereocenters. The highest BCUT2D eigenvalue weighted by Gasteiger charge is 2.12. The van der Waals surface area contributed by atoms with Crippen LogP contribution in [0.1, 0.15) is 21.9 Å². The Morgan fingerprint density at radius 3 is 2.68 bits per heavy atom. The van der Waals surface area contributed by atoms with E-state index in [0.717, 1.165) is 6.54 Å². The zero-order chi connectivity index (χ0) is 16.1. The minimum Gasteiger partial charge on any atom is -0.360 e. The number of aryl methyl sites for hydroxylation is 2. The Hall–Kier alpha value is -2.48. The van der Waals surface area contributed by atoms with Gasteiger partial charge in [-0.15, -0.1) is 0 Å². The predicted molar refractivity (Wildman–Crippen MR) is 83.0 cm³/mol. The molecule has 0 saturated heterocycles. The van der Waals surface area contributed by atoms with E-state index in [9.17, 15) is 4.79 Å². The quantitative estimate of drug-likeness (QED) is 0.830. The summed E-state index contributed by atoms with van der Waals surface area (Å²) < 4.78 is 4.91. The monoisotopic (exact) mass is 304 g/mol. The lowest BCUT2D eigenvalue weighted by molar-refractivity contribution is 0.102. The summed E-state index contributed by atoms with van der Waals surface area (Å²) in [6.07, 6.45) is 0. The molecule has 2 aromatic heterocycles. The minimum absolute atomic E-state index is 0.278. The van der Waals surface area contributed by atoms with Crippen molar-refractivity contribution in [2.45, 2.75) is 13.8 Å². The average Bonchev–Trinajstić information content (AvgIpc) is 2.83. The first-order valence-corrected chi connectivity index (χ1v) is 6.93. The van der Waals surface area contributed by atoms with Crippen molar-refractivity contribution in [2.75, 3.05) is 37.8 Å². The van der Waals surface area contributed by atoms with Gasteiger partial charge in [-0.05, 0) is 34.0 Å². The number of hydrogen-bond acceptors (Lipinski definition) is 7. The number of amides is 1. The van der Waals surface area contributed by atoms with Gasteiger partial charge in [0, 0.05) is 24.8 Å². The number of likely N-dealkylation sites (N-methyl/N-ethyl adjacent to an activating group) is 1. The van der Waals surface area contributed by atoms with Crippen molar-refractivity contribution in [3.05, 3.63) is 29.3 Å². The number of nitrogens with one attached hydrogen (secondary N) is 2. The lowest BCUT2D eigenvalue weighted by Crippen LogP contribution is -2.22. The van der Waals surface area contributed by atoms with Gasteiger partial charge in [-0.25, -0.2) is 9.97 Å². The first-order chi connectivity index (χ1) is 10.4. The Morgan fingerprint density at radius 1 is 1.27 bits per heavy atom. The highest BCUT2D eigenvalue weighted by atomic mass is 16.5. The molecule has 0 atom stereocenters. The fraction of sp³-hybridized carbons (Fsp3) is 0.429. The van der Waals surface area contributed by atoms with E-state index < -0.39 is 0 Å².